The maximum absolute atomic E-state index is 13.1. The average molecular weight is 441 g/mol. The van der Waals surface area contributed by atoms with Crippen LogP contribution in [-0.4, -0.2) is 72.0 Å². The topological polar surface area (TPSA) is 70.1 Å². The Hall–Kier alpha value is -2.77. The third-order valence-electron chi connectivity index (χ3n) is 6.67. The van der Waals surface area contributed by atoms with E-state index in [-0.39, 0.29) is 36.0 Å². The highest BCUT2D eigenvalue weighted by atomic mass is 19.1. The standard InChI is InChI=1S/C25H29FN2O4/c1-32-21-8-4-17(5-9-21)24(30)18-10-13-27(14-11-18)22-12-15-28(16-23(22)29)25(31)19-2-6-20(26)7-3-19/h2-9,18,22-23,29H,10-16H2,1H3. The highest BCUT2D eigenvalue weighted by Crippen LogP contribution is 2.27. The Morgan fingerprint density at radius 3 is 2.16 bits per heavy atom. The molecular weight excluding hydrogens is 411 g/mol. The predicted octanol–water partition coefficient (Wildman–Crippen LogP) is 3.00. The summed E-state index contributed by atoms with van der Waals surface area (Å²) in [7, 11) is 1.60. The molecule has 0 saturated carbocycles. The first-order chi connectivity index (χ1) is 15.5. The summed E-state index contributed by atoms with van der Waals surface area (Å²) < 4.78 is 18.3. The minimum atomic E-state index is -0.651. The molecule has 2 heterocycles. The number of ether oxygens (including phenoxy) is 1. The van der Waals surface area contributed by atoms with Crippen LogP contribution < -0.4 is 4.74 Å². The second-order valence-corrected chi connectivity index (χ2v) is 8.58. The van der Waals surface area contributed by atoms with E-state index in [0.29, 0.717) is 24.1 Å². The van der Waals surface area contributed by atoms with Crippen LogP contribution in [0.25, 0.3) is 0 Å². The second kappa shape index (κ2) is 9.79. The molecule has 0 spiro atoms. The van der Waals surface area contributed by atoms with Gasteiger partial charge in [0.05, 0.1) is 13.2 Å². The first-order valence-electron chi connectivity index (χ1n) is 11.1. The molecular formula is C25H29FN2O4. The summed E-state index contributed by atoms with van der Waals surface area (Å²) in [6, 6.07) is 12.7. The van der Waals surface area contributed by atoms with Crippen LogP contribution in [0.3, 0.4) is 0 Å². The minimum absolute atomic E-state index is 0.0167. The van der Waals surface area contributed by atoms with Crippen LogP contribution >= 0.6 is 0 Å². The molecule has 0 radical (unpaired) electrons. The van der Waals surface area contributed by atoms with E-state index in [4.69, 9.17) is 4.74 Å². The highest BCUT2D eigenvalue weighted by Gasteiger charge is 2.36. The number of benzene rings is 2. The van der Waals surface area contributed by atoms with Crippen molar-refractivity contribution in [1.82, 2.24) is 9.80 Å². The highest BCUT2D eigenvalue weighted by molar-refractivity contribution is 5.98. The Morgan fingerprint density at radius 2 is 1.56 bits per heavy atom. The average Bonchev–Trinajstić information content (AvgIpc) is 2.84. The molecule has 2 unspecified atom stereocenters. The molecule has 2 aliphatic heterocycles. The van der Waals surface area contributed by atoms with Gasteiger partial charge in [0, 0.05) is 36.2 Å². The molecule has 2 fully saturated rings. The fraction of sp³-hybridized carbons (Fsp3) is 0.440. The lowest BCUT2D eigenvalue weighted by Crippen LogP contribution is -2.57. The van der Waals surface area contributed by atoms with Crippen LogP contribution in [0.4, 0.5) is 4.39 Å². The molecule has 1 N–H and O–H groups in total. The number of ketones is 1. The van der Waals surface area contributed by atoms with Crippen molar-refractivity contribution in [1.29, 1.82) is 0 Å². The molecule has 0 aromatic heterocycles. The molecule has 6 nitrogen and oxygen atoms in total. The zero-order chi connectivity index (χ0) is 22.7. The first kappa shape index (κ1) is 22.4. The smallest absolute Gasteiger partial charge is 0.253 e. The van der Waals surface area contributed by atoms with Crippen molar-refractivity contribution in [3.05, 3.63) is 65.5 Å². The van der Waals surface area contributed by atoms with E-state index in [2.05, 4.69) is 4.90 Å². The van der Waals surface area contributed by atoms with Crippen molar-refractivity contribution in [3.63, 3.8) is 0 Å². The molecule has 0 bridgehead atoms. The van der Waals surface area contributed by atoms with Crippen LogP contribution in [0, 0.1) is 11.7 Å². The predicted molar refractivity (Wildman–Crippen MR) is 118 cm³/mol. The number of rotatable bonds is 5. The summed E-state index contributed by atoms with van der Waals surface area (Å²) in [6.07, 6.45) is 1.53. The molecule has 2 aromatic carbocycles. The number of nitrogens with zero attached hydrogens (tertiary/aromatic N) is 2. The zero-order valence-corrected chi connectivity index (χ0v) is 18.2. The lowest BCUT2D eigenvalue weighted by atomic mass is 9.87. The molecule has 4 rings (SSSR count). The Bertz CT molecular complexity index is 939. The number of halogens is 1. The molecule has 2 saturated heterocycles. The van der Waals surface area contributed by atoms with Crippen molar-refractivity contribution >= 4 is 11.7 Å². The van der Waals surface area contributed by atoms with Gasteiger partial charge in [-0.2, -0.15) is 0 Å². The number of β-amino-alcohol motifs (C(OH)–C–C–N with tert-alkyl or cyclic N) is 1. The van der Waals surface area contributed by atoms with Crippen molar-refractivity contribution in [3.8, 4) is 5.75 Å². The molecule has 32 heavy (non-hydrogen) atoms. The molecule has 1 amide bonds. The van der Waals surface area contributed by atoms with Gasteiger partial charge in [0.25, 0.3) is 5.91 Å². The summed E-state index contributed by atoms with van der Waals surface area (Å²) in [5.74, 6) is 0.305. The fourth-order valence-electron chi connectivity index (χ4n) is 4.79. The Balaban J connectivity index is 1.30. The Morgan fingerprint density at radius 1 is 0.938 bits per heavy atom. The van der Waals surface area contributed by atoms with Crippen LogP contribution in [0.2, 0.25) is 0 Å². The van der Waals surface area contributed by atoms with Crippen molar-refractivity contribution in [2.75, 3.05) is 33.3 Å². The van der Waals surface area contributed by atoms with Gasteiger partial charge in [-0.15, -0.1) is 0 Å². The maximum atomic E-state index is 13.1. The van der Waals surface area contributed by atoms with Crippen molar-refractivity contribution in [2.24, 2.45) is 5.92 Å². The number of aliphatic hydroxyl groups is 1. The van der Waals surface area contributed by atoms with Crippen LogP contribution in [0.1, 0.15) is 40.0 Å². The number of hydrogen-bond acceptors (Lipinski definition) is 5. The fourth-order valence-corrected chi connectivity index (χ4v) is 4.79. The molecule has 170 valence electrons. The molecule has 2 atom stereocenters. The van der Waals surface area contributed by atoms with E-state index >= 15 is 0 Å². The number of carbonyl (C=O) groups is 2. The van der Waals surface area contributed by atoms with Gasteiger partial charge >= 0.3 is 0 Å². The van der Waals surface area contributed by atoms with E-state index in [1.54, 1.807) is 24.1 Å². The lowest BCUT2D eigenvalue weighted by molar-refractivity contribution is -0.0185. The molecule has 2 aliphatic rings. The number of carbonyl (C=O) groups excluding carboxylic acids is 2. The van der Waals surface area contributed by atoms with E-state index in [1.165, 1.54) is 24.3 Å². The Kier molecular flexibility index (Phi) is 6.86. The van der Waals surface area contributed by atoms with Gasteiger partial charge in [-0.3, -0.25) is 14.5 Å². The van der Waals surface area contributed by atoms with Crippen LogP contribution in [-0.2, 0) is 0 Å². The first-order valence-corrected chi connectivity index (χ1v) is 11.1. The van der Waals surface area contributed by atoms with Crippen molar-refractivity contribution in [2.45, 2.75) is 31.4 Å². The summed E-state index contributed by atoms with van der Waals surface area (Å²) in [4.78, 5) is 29.4. The van der Waals surface area contributed by atoms with Gasteiger partial charge in [0.15, 0.2) is 5.78 Å². The number of methoxy groups -OCH3 is 1. The number of Topliss-reactive ketones (excluding diaryl/α,β-unsaturated/α-hetero) is 1. The van der Waals surface area contributed by atoms with E-state index in [1.807, 2.05) is 12.1 Å². The number of amides is 1. The summed E-state index contributed by atoms with van der Waals surface area (Å²) in [5.41, 5.74) is 1.13. The summed E-state index contributed by atoms with van der Waals surface area (Å²) >= 11 is 0. The number of aliphatic hydroxyl groups excluding tert-OH is 1. The maximum Gasteiger partial charge on any atom is 0.253 e. The summed E-state index contributed by atoms with van der Waals surface area (Å²) in [5, 5.41) is 10.8. The van der Waals surface area contributed by atoms with Gasteiger partial charge in [-0.1, -0.05) is 0 Å². The summed E-state index contributed by atoms with van der Waals surface area (Å²) in [6.45, 7) is 2.30. The van der Waals surface area contributed by atoms with Crippen molar-refractivity contribution < 1.29 is 23.8 Å². The molecule has 7 heteroatoms. The van der Waals surface area contributed by atoms with Crippen LogP contribution in [0.5, 0.6) is 5.75 Å². The van der Waals surface area contributed by atoms with Gasteiger partial charge in [0.1, 0.15) is 11.6 Å². The Labute approximate surface area is 187 Å². The van der Waals surface area contributed by atoms with Gasteiger partial charge in [-0.25, -0.2) is 4.39 Å². The number of likely N-dealkylation sites (tertiary alicyclic amines) is 2. The largest absolute Gasteiger partial charge is 0.497 e. The quantitative estimate of drug-likeness (QED) is 0.724. The number of piperidine rings is 2. The van der Waals surface area contributed by atoms with Gasteiger partial charge in [0.2, 0.25) is 0 Å². The van der Waals surface area contributed by atoms with E-state index in [9.17, 15) is 19.1 Å². The second-order valence-electron chi connectivity index (χ2n) is 8.58. The zero-order valence-electron chi connectivity index (χ0n) is 18.2. The molecule has 2 aromatic rings. The normalized spacial score (nSPS) is 22.5. The van der Waals surface area contributed by atoms with E-state index in [0.717, 1.165) is 31.7 Å². The lowest BCUT2D eigenvalue weighted by Gasteiger charge is -2.44. The third-order valence-corrected chi connectivity index (χ3v) is 6.67. The van der Waals surface area contributed by atoms with Crippen LogP contribution in [0.15, 0.2) is 48.5 Å². The molecule has 0 aliphatic carbocycles. The monoisotopic (exact) mass is 440 g/mol. The third kappa shape index (κ3) is 4.84. The van der Waals surface area contributed by atoms with Gasteiger partial charge < -0.3 is 14.7 Å². The van der Waals surface area contributed by atoms with E-state index < -0.39 is 6.10 Å². The minimum Gasteiger partial charge on any atom is -0.497 e. The number of hydrogen-bond donors (Lipinski definition) is 1. The van der Waals surface area contributed by atoms with Gasteiger partial charge in [-0.05, 0) is 80.9 Å². The SMILES string of the molecule is COc1ccc(C(=O)C2CCN(C3CCN(C(=O)c4ccc(F)cc4)CC3O)CC2)cc1.